The van der Waals surface area contributed by atoms with Crippen molar-refractivity contribution in [3.63, 3.8) is 0 Å². The second kappa shape index (κ2) is 9.74. The van der Waals surface area contributed by atoms with Gasteiger partial charge in [0.25, 0.3) is 0 Å². The number of pyridine rings is 2. The fourth-order valence-corrected chi connectivity index (χ4v) is 4.41. The van der Waals surface area contributed by atoms with E-state index in [2.05, 4.69) is 31.2 Å². The van der Waals surface area contributed by atoms with Gasteiger partial charge in [0.05, 0.1) is 24.1 Å². The van der Waals surface area contributed by atoms with Gasteiger partial charge in [-0.2, -0.15) is 9.97 Å². The summed E-state index contributed by atoms with van der Waals surface area (Å²) in [6.07, 6.45) is 7.66. The van der Waals surface area contributed by atoms with Crippen LogP contribution in [0.3, 0.4) is 0 Å². The Morgan fingerprint density at radius 2 is 1.85 bits per heavy atom. The van der Waals surface area contributed by atoms with Gasteiger partial charge in [0, 0.05) is 51.7 Å². The van der Waals surface area contributed by atoms with Crippen molar-refractivity contribution in [1.82, 2.24) is 19.9 Å². The number of nitrogens with zero attached hydrogens (tertiary/aromatic N) is 6. The summed E-state index contributed by atoms with van der Waals surface area (Å²) < 4.78 is 12.0. The minimum atomic E-state index is 0.132. The summed E-state index contributed by atoms with van der Waals surface area (Å²) in [4.78, 5) is 22.7. The maximum atomic E-state index is 6.47. The van der Waals surface area contributed by atoms with Crippen LogP contribution in [-0.2, 0) is 4.74 Å². The van der Waals surface area contributed by atoms with Crippen LogP contribution in [0, 0.1) is 0 Å². The number of rotatable bonds is 6. The maximum Gasteiger partial charge on any atom is 0.225 e. The van der Waals surface area contributed by atoms with Crippen LogP contribution in [0.5, 0.6) is 5.88 Å². The third-order valence-corrected chi connectivity index (χ3v) is 6.27. The Labute approximate surface area is 194 Å². The van der Waals surface area contributed by atoms with Gasteiger partial charge >= 0.3 is 0 Å². The molecule has 1 aliphatic carbocycles. The first kappa shape index (κ1) is 21.6. The van der Waals surface area contributed by atoms with Crippen LogP contribution in [0.4, 0.5) is 17.6 Å². The standard InChI is InChI=1S/C24H31N7O2/c1-30(2)21-9-11-26-24(29-21)27-17-5-7-18(8-6-17)33-23-19-4-3-10-25-20(19)16-22(28-23)31-12-14-32-15-13-31/h3-4,9-11,16-18H,5-8,12-15H2,1-2H3,(H,26,27,29). The lowest BCUT2D eigenvalue weighted by Gasteiger charge is -2.31. The number of aromatic nitrogens is 4. The Morgan fingerprint density at radius 3 is 2.64 bits per heavy atom. The van der Waals surface area contributed by atoms with Gasteiger partial charge in [-0.25, -0.2) is 4.98 Å². The highest BCUT2D eigenvalue weighted by molar-refractivity contribution is 5.85. The van der Waals surface area contributed by atoms with Crippen molar-refractivity contribution in [2.75, 3.05) is 55.5 Å². The second-order valence-corrected chi connectivity index (χ2v) is 8.82. The number of ether oxygens (including phenoxy) is 2. The molecule has 1 saturated carbocycles. The van der Waals surface area contributed by atoms with E-state index in [0.29, 0.717) is 17.9 Å². The SMILES string of the molecule is CN(C)c1ccnc(NC2CCC(Oc3nc(N4CCOCC4)cc4ncccc34)CC2)n1. The van der Waals surface area contributed by atoms with Crippen LogP contribution in [0.15, 0.2) is 36.7 Å². The van der Waals surface area contributed by atoms with Gasteiger partial charge in [0.2, 0.25) is 11.8 Å². The monoisotopic (exact) mass is 449 g/mol. The van der Waals surface area contributed by atoms with E-state index in [1.165, 1.54) is 0 Å². The fourth-order valence-electron chi connectivity index (χ4n) is 4.41. The molecule has 2 fully saturated rings. The number of hydrogen-bond acceptors (Lipinski definition) is 9. The molecule has 3 aromatic rings. The number of hydrogen-bond donors (Lipinski definition) is 1. The van der Waals surface area contributed by atoms with Crippen LogP contribution in [0.1, 0.15) is 25.7 Å². The molecule has 0 spiro atoms. The number of anilines is 3. The summed E-state index contributed by atoms with van der Waals surface area (Å²) in [5.74, 6) is 3.17. The summed E-state index contributed by atoms with van der Waals surface area (Å²) in [6, 6.07) is 8.28. The van der Waals surface area contributed by atoms with Gasteiger partial charge in [0.15, 0.2) is 0 Å². The van der Waals surface area contributed by atoms with Gasteiger partial charge in [-0.05, 0) is 43.9 Å². The number of fused-ring (bicyclic) bond motifs is 1. The molecule has 0 amide bonds. The molecule has 1 saturated heterocycles. The molecule has 1 N–H and O–H groups in total. The van der Waals surface area contributed by atoms with E-state index < -0.39 is 0 Å². The molecule has 9 heteroatoms. The predicted octanol–water partition coefficient (Wildman–Crippen LogP) is 3.12. The molecular weight excluding hydrogens is 418 g/mol. The highest BCUT2D eigenvalue weighted by Crippen LogP contribution is 2.31. The van der Waals surface area contributed by atoms with Crippen LogP contribution < -0.4 is 19.9 Å². The highest BCUT2D eigenvalue weighted by Gasteiger charge is 2.25. The van der Waals surface area contributed by atoms with E-state index in [-0.39, 0.29) is 6.10 Å². The second-order valence-electron chi connectivity index (χ2n) is 8.82. The minimum absolute atomic E-state index is 0.132. The molecule has 4 heterocycles. The zero-order chi connectivity index (χ0) is 22.6. The summed E-state index contributed by atoms with van der Waals surface area (Å²) in [7, 11) is 3.96. The summed E-state index contributed by atoms with van der Waals surface area (Å²) >= 11 is 0. The van der Waals surface area contributed by atoms with Gasteiger partial charge in [-0.3, -0.25) is 4.98 Å². The zero-order valence-corrected chi connectivity index (χ0v) is 19.3. The molecule has 9 nitrogen and oxygen atoms in total. The Morgan fingerprint density at radius 1 is 1.03 bits per heavy atom. The van der Waals surface area contributed by atoms with E-state index in [1.807, 2.05) is 43.4 Å². The predicted molar refractivity (Wildman–Crippen MR) is 129 cm³/mol. The summed E-state index contributed by atoms with van der Waals surface area (Å²) in [5.41, 5.74) is 0.914. The lowest BCUT2D eigenvalue weighted by Crippen LogP contribution is -2.37. The zero-order valence-electron chi connectivity index (χ0n) is 19.3. The average Bonchev–Trinajstić information content (AvgIpc) is 2.86. The van der Waals surface area contributed by atoms with Crippen molar-refractivity contribution < 1.29 is 9.47 Å². The Bertz CT molecular complexity index is 1080. The normalized spacial score (nSPS) is 21.1. The van der Waals surface area contributed by atoms with Crippen LogP contribution >= 0.6 is 0 Å². The highest BCUT2D eigenvalue weighted by atomic mass is 16.5. The average molecular weight is 450 g/mol. The quantitative estimate of drug-likeness (QED) is 0.610. The van der Waals surface area contributed by atoms with Gasteiger partial charge in [0.1, 0.15) is 17.7 Å². The van der Waals surface area contributed by atoms with E-state index in [4.69, 9.17) is 14.5 Å². The first-order chi connectivity index (χ1) is 16.2. The van der Waals surface area contributed by atoms with Gasteiger partial charge in [-0.15, -0.1) is 0 Å². The molecular formula is C24H31N7O2. The number of morpholine rings is 1. The van der Waals surface area contributed by atoms with Crippen molar-refractivity contribution >= 4 is 28.5 Å². The van der Waals surface area contributed by atoms with Crippen molar-refractivity contribution in [3.8, 4) is 5.88 Å². The van der Waals surface area contributed by atoms with Gasteiger partial charge in [-0.1, -0.05) is 0 Å². The molecule has 5 rings (SSSR count). The van der Waals surface area contributed by atoms with E-state index in [9.17, 15) is 0 Å². The Balaban J connectivity index is 1.26. The van der Waals surface area contributed by atoms with Crippen molar-refractivity contribution in [3.05, 3.63) is 36.7 Å². The molecule has 0 atom stereocenters. The van der Waals surface area contributed by atoms with Crippen molar-refractivity contribution in [2.45, 2.75) is 37.8 Å². The van der Waals surface area contributed by atoms with Crippen molar-refractivity contribution in [2.24, 2.45) is 0 Å². The van der Waals surface area contributed by atoms with Crippen molar-refractivity contribution in [1.29, 1.82) is 0 Å². The smallest absolute Gasteiger partial charge is 0.225 e. The minimum Gasteiger partial charge on any atom is -0.474 e. The molecule has 174 valence electrons. The number of nitrogens with one attached hydrogen (secondary N) is 1. The largest absolute Gasteiger partial charge is 0.474 e. The third-order valence-electron chi connectivity index (χ3n) is 6.27. The van der Waals surface area contributed by atoms with E-state index >= 15 is 0 Å². The van der Waals surface area contributed by atoms with Crippen LogP contribution in [0.25, 0.3) is 10.9 Å². The van der Waals surface area contributed by atoms with E-state index in [0.717, 1.165) is 74.5 Å². The van der Waals surface area contributed by atoms with Crippen LogP contribution in [-0.4, -0.2) is 72.5 Å². The molecule has 2 aliphatic rings. The summed E-state index contributed by atoms with van der Waals surface area (Å²) in [5, 5.41) is 4.46. The fraction of sp³-hybridized carbons (Fsp3) is 0.500. The maximum absolute atomic E-state index is 6.47. The Hall–Kier alpha value is -3.20. The molecule has 33 heavy (non-hydrogen) atoms. The summed E-state index contributed by atoms with van der Waals surface area (Å²) in [6.45, 7) is 3.10. The first-order valence-electron chi connectivity index (χ1n) is 11.7. The molecule has 0 aromatic carbocycles. The lowest BCUT2D eigenvalue weighted by molar-refractivity contribution is 0.122. The molecule has 0 unspecified atom stereocenters. The molecule has 0 bridgehead atoms. The molecule has 1 aliphatic heterocycles. The molecule has 3 aromatic heterocycles. The topological polar surface area (TPSA) is 88.5 Å². The van der Waals surface area contributed by atoms with E-state index in [1.54, 1.807) is 6.20 Å². The Kier molecular flexibility index (Phi) is 6.39. The molecule has 0 radical (unpaired) electrons. The first-order valence-corrected chi connectivity index (χ1v) is 11.7. The lowest BCUT2D eigenvalue weighted by atomic mass is 9.93. The van der Waals surface area contributed by atoms with Crippen LogP contribution in [0.2, 0.25) is 0 Å². The van der Waals surface area contributed by atoms with Gasteiger partial charge < -0.3 is 24.6 Å². The third kappa shape index (κ3) is 5.08.